The molecule has 0 N–H and O–H groups in total. The number of aromatic nitrogens is 3. The van der Waals surface area contributed by atoms with Gasteiger partial charge in [-0.15, -0.1) is 11.3 Å². The lowest BCUT2D eigenvalue weighted by Gasteiger charge is -2.12. The summed E-state index contributed by atoms with van der Waals surface area (Å²) in [5.74, 6) is 0. The maximum absolute atomic E-state index is 5.31. The quantitative estimate of drug-likeness (QED) is 0.163. The van der Waals surface area contributed by atoms with E-state index < -0.39 is 0 Å². The van der Waals surface area contributed by atoms with Crippen molar-refractivity contribution in [3.05, 3.63) is 237 Å². The molecule has 0 atom stereocenters. The van der Waals surface area contributed by atoms with Crippen molar-refractivity contribution in [2.24, 2.45) is 0 Å². The first-order chi connectivity index (χ1) is 33.2. The van der Waals surface area contributed by atoms with E-state index in [9.17, 15) is 0 Å². The molecule has 312 valence electrons. The molecule has 4 aromatic heterocycles. The summed E-state index contributed by atoms with van der Waals surface area (Å²) in [4.78, 5) is 5.31. The molecule has 3 nitrogen and oxygen atoms in total. The first kappa shape index (κ1) is 37.8. The highest BCUT2D eigenvalue weighted by atomic mass is 32.1. The van der Waals surface area contributed by atoms with Crippen molar-refractivity contribution in [3.8, 4) is 56.0 Å². The van der Waals surface area contributed by atoms with Crippen molar-refractivity contribution in [2.45, 2.75) is 0 Å². The van der Waals surface area contributed by atoms with Gasteiger partial charge in [0, 0.05) is 64.0 Å². The van der Waals surface area contributed by atoms with Crippen molar-refractivity contribution in [3.63, 3.8) is 0 Å². The van der Waals surface area contributed by atoms with Gasteiger partial charge in [-0.05, 0) is 130 Å². The van der Waals surface area contributed by atoms with E-state index >= 15 is 0 Å². The molecule has 0 fully saturated rings. The zero-order valence-electron chi connectivity index (χ0n) is 36.3. The van der Waals surface area contributed by atoms with Gasteiger partial charge in [0.1, 0.15) is 0 Å². The summed E-state index contributed by atoms with van der Waals surface area (Å²) >= 11 is 1.85. The van der Waals surface area contributed by atoms with Gasteiger partial charge >= 0.3 is 0 Å². The van der Waals surface area contributed by atoms with Gasteiger partial charge in [-0.2, -0.15) is 0 Å². The lowest BCUT2D eigenvalue weighted by molar-refractivity contribution is 1.18. The van der Waals surface area contributed by atoms with Crippen molar-refractivity contribution >= 4 is 86.0 Å². The SMILES string of the molecule is c1ccc(-c2cc(-c3cccc4sc5ccc(-c6ccc7c(c6)c6cc(-c8ccc9c(c8)c8ccccc8n9-c8ccccc8)ccc6n7-c6ccccc6)cc5c34)nc3ccccc23)cc1. The largest absolute Gasteiger partial charge is 0.309 e. The van der Waals surface area contributed by atoms with E-state index in [1.807, 2.05) is 11.3 Å². The molecule has 0 aliphatic heterocycles. The fourth-order valence-corrected chi connectivity index (χ4v) is 11.7. The number of hydrogen-bond acceptors (Lipinski definition) is 2. The van der Waals surface area contributed by atoms with Gasteiger partial charge < -0.3 is 9.13 Å². The Balaban J connectivity index is 0.937. The molecular weight excluding hydrogens is 831 g/mol. The topological polar surface area (TPSA) is 22.8 Å². The van der Waals surface area contributed by atoms with Crippen LogP contribution >= 0.6 is 11.3 Å². The molecule has 0 saturated carbocycles. The van der Waals surface area contributed by atoms with E-state index in [1.165, 1.54) is 103 Å². The molecule has 4 heteroatoms. The summed E-state index contributed by atoms with van der Waals surface area (Å²) in [7, 11) is 0. The van der Waals surface area contributed by atoms with Crippen LogP contribution in [0.3, 0.4) is 0 Å². The van der Waals surface area contributed by atoms with Gasteiger partial charge in [-0.25, -0.2) is 4.98 Å². The van der Waals surface area contributed by atoms with Crippen LogP contribution in [0.5, 0.6) is 0 Å². The molecule has 4 heterocycles. The van der Waals surface area contributed by atoms with Crippen LogP contribution in [-0.2, 0) is 0 Å². The van der Waals surface area contributed by atoms with E-state index in [2.05, 4.69) is 246 Å². The van der Waals surface area contributed by atoms with Crippen LogP contribution in [-0.4, -0.2) is 14.1 Å². The van der Waals surface area contributed by atoms with Gasteiger partial charge in [0.15, 0.2) is 0 Å². The van der Waals surface area contributed by atoms with Crippen LogP contribution in [0.2, 0.25) is 0 Å². The maximum Gasteiger partial charge on any atom is 0.0722 e. The Morgan fingerprint density at radius 3 is 1.42 bits per heavy atom. The molecule has 0 saturated heterocycles. The third kappa shape index (κ3) is 6.00. The predicted molar refractivity (Wildman–Crippen MR) is 285 cm³/mol. The minimum atomic E-state index is 0.986. The normalized spacial score (nSPS) is 11.9. The highest BCUT2D eigenvalue weighted by Gasteiger charge is 2.19. The van der Waals surface area contributed by atoms with Gasteiger partial charge in [-0.3, -0.25) is 0 Å². The number of hydrogen-bond donors (Lipinski definition) is 0. The zero-order chi connectivity index (χ0) is 44.0. The summed E-state index contributed by atoms with van der Waals surface area (Å²) in [5.41, 5.74) is 17.4. The second-order valence-corrected chi connectivity index (χ2v) is 18.6. The average molecular weight is 870 g/mol. The van der Waals surface area contributed by atoms with Crippen LogP contribution in [0.25, 0.3) is 131 Å². The Bertz CT molecular complexity index is 4260. The fraction of sp³-hybridized carbons (Fsp3) is 0. The molecule has 10 aromatic carbocycles. The molecule has 0 bridgehead atoms. The Morgan fingerprint density at radius 2 is 0.791 bits per heavy atom. The lowest BCUT2D eigenvalue weighted by atomic mass is 9.95. The monoisotopic (exact) mass is 869 g/mol. The number of thiophene rings is 1. The number of rotatable bonds is 6. The Kier molecular flexibility index (Phi) is 8.45. The van der Waals surface area contributed by atoms with Crippen LogP contribution in [0.4, 0.5) is 0 Å². The van der Waals surface area contributed by atoms with E-state index in [0.29, 0.717) is 0 Å². The smallest absolute Gasteiger partial charge is 0.0722 e. The van der Waals surface area contributed by atoms with Gasteiger partial charge in [-0.1, -0.05) is 140 Å². The molecule has 14 aromatic rings. The molecule has 14 rings (SSSR count). The van der Waals surface area contributed by atoms with Crippen molar-refractivity contribution in [2.75, 3.05) is 0 Å². The molecular formula is C63H39N3S. The van der Waals surface area contributed by atoms with Crippen LogP contribution < -0.4 is 0 Å². The van der Waals surface area contributed by atoms with Gasteiger partial charge in [0.25, 0.3) is 0 Å². The standard InChI is InChI=1S/C63H39N3S/c1-4-15-40(16-5-1)50-39-56(64-55-24-12-10-21-47(50)55)49-23-14-26-62-63(49)54-38-44(30-34-61(54)67-62)43-29-33-60-53(37-43)52-36-42(28-32-59(52)66(60)46-19-8-3-9-20-46)41-27-31-58-51(35-41)48-22-11-13-25-57(48)65(58)45-17-6-2-7-18-45/h1-39H. The molecule has 67 heavy (non-hydrogen) atoms. The fourth-order valence-electron chi connectivity index (χ4n) is 10.6. The first-order valence-electron chi connectivity index (χ1n) is 22.9. The van der Waals surface area contributed by atoms with Crippen LogP contribution in [0.15, 0.2) is 237 Å². The highest BCUT2D eigenvalue weighted by molar-refractivity contribution is 7.26. The van der Waals surface area contributed by atoms with Gasteiger partial charge in [0.05, 0.1) is 33.3 Å². The summed E-state index contributed by atoms with van der Waals surface area (Å²) in [5, 5.41) is 8.62. The number of fused-ring (bicyclic) bond motifs is 10. The zero-order valence-corrected chi connectivity index (χ0v) is 37.1. The molecule has 0 amide bonds. The maximum atomic E-state index is 5.31. The second-order valence-electron chi connectivity index (χ2n) is 17.5. The minimum absolute atomic E-state index is 0.986. The van der Waals surface area contributed by atoms with Crippen molar-refractivity contribution in [1.82, 2.24) is 14.1 Å². The number of pyridine rings is 1. The number of benzene rings is 10. The van der Waals surface area contributed by atoms with E-state index in [4.69, 9.17) is 4.98 Å². The minimum Gasteiger partial charge on any atom is -0.309 e. The average Bonchev–Trinajstić information content (AvgIpc) is 4.06. The lowest BCUT2D eigenvalue weighted by Crippen LogP contribution is -1.93. The second kappa shape index (κ2) is 15.0. The van der Waals surface area contributed by atoms with Crippen LogP contribution in [0.1, 0.15) is 0 Å². The van der Waals surface area contributed by atoms with Gasteiger partial charge in [0.2, 0.25) is 0 Å². The first-order valence-corrected chi connectivity index (χ1v) is 23.7. The Morgan fingerprint density at radius 1 is 0.299 bits per heavy atom. The van der Waals surface area contributed by atoms with Crippen LogP contribution in [0, 0.1) is 0 Å². The van der Waals surface area contributed by atoms with E-state index in [0.717, 1.165) is 27.8 Å². The molecule has 0 radical (unpaired) electrons. The molecule has 0 spiro atoms. The summed E-state index contributed by atoms with van der Waals surface area (Å²) in [6, 6.07) is 86.3. The van der Waals surface area contributed by atoms with E-state index in [-0.39, 0.29) is 0 Å². The summed E-state index contributed by atoms with van der Waals surface area (Å²) < 4.78 is 7.33. The molecule has 0 aliphatic rings. The van der Waals surface area contributed by atoms with Crippen molar-refractivity contribution in [1.29, 1.82) is 0 Å². The van der Waals surface area contributed by atoms with Crippen molar-refractivity contribution < 1.29 is 0 Å². The predicted octanol–water partition coefficient (Wildman–Crippen LogP) is 17.5. The third-order valence-corrected chi connectivity index (χ3v) is 14.8. The highest BCUT2D eigenvalue weighted by Crippen LogP contribution is 2.44. The summed E-state index contributed by atoms with van der Waals surface area (Å²) in [6.07, 6.45) is 0. The number of nitrogens with zero attached hydrogens (tertiary/aromatic N) is 3. The number of para-hydroxylation sites is 4. The third-order valence-electron chi connectivity index (χ3n) is 13.7. The van der Waals surface area contributed by atoms with E-state index in [1.54, 1.807) is 0 Å². The Hall–Kier alpha value is -8.57. The Labute approximate surface area is 390 Å². The molecule has 0 aliphatic carbocycles. The molecule has 0 unspecified atom stereocenters. The summed E-state index contributed by atoms with van der Waals surface area (Å²) in [6.45, 7) is 0.